The molecule has 0 aliphatic heterocycles. The Labute approximate surface area is 203 Å². The van der Waals surface area contributed by atoms with Gasteiger partial charge in [0.1, 0.15) is 22.5 Å². The van der Waals surface area contributed by atoms with Crippen molar-refractivity contribution >= 4 is 22.4 Å². The highest BCUT2D eigenvalue weighted by Crippen LogP contribution is 2.24. The Morgan fingerprint density at radius 3 is 2.00 bits per heavy atom. The smallest absolute Gasteiger partial charge is 0.146 e. The fourth-order valence-corrected chi connectivity index (χ4v) is 4.01. The molecule has 172 valence electrons. The van der Waals surface area contributed by atoms with Crippen molar-refractivity contribution in [1.29, 1.82) is 0 Å². The van der Waals surface area contributed by atoms with Gasteiger partial charge in [0.15, 0.2) is 0 Å². The first-order chi connectivity index (χ1) is 16.4. The van der Waals surface area contributed by atoms with E-state index < -0.39 is 22.5 Å². The van der Waals surface area contributed by atoms with E-state index in [4.69, 9.17) is 11.6 Å². The number of rotatable bonds is 6. The van der Waals surface area contributed by atoms with Gasteiger partial charge in [0, 0.05) is 10.9 Å². The summed E-state index contributed by atoms with van der Waals surface area (Å²) in [5, 5.41) is 0.672. The largest absolute Gasteiger partial charge is 0.205 e. The standard InChI is InChI=1S/C30H24ClF3/c1-2-3-4-20-5-7-21(8-6-20)9-10-22-12-16-26-25(17-22)15-14-24(30(26)34)13-11-23-18-27(32)29(31)28(33)19-23/h5-8,12,14-19H,2-4,9-10H2,1H3. The molecular weight excluding hydrogens is 453 g/mol. The van der Waals surface area contributed by atoms with Crippen LogP contribution in [0.15, 0.2) is 66.7 Å². The van der Waals surface area contributed by atoms with Gasteiger partial charge in [-0.3, -0.25) is 0 Å². The van der Waals surface area contributed by atoms with Crippen molar-refractivity contribution in [2.75, 3.05) is 0 Å². The molecule has 0 aliphatic carbocycles. The van der Waals surface area contributed by atoms with Crippen molar-refractivity contribution in [2.24, 2.45) is 0 Å². The summed E-state index contributed by atoms with van der Waals surface area (Å²) in [5.74, 6) is 3.04. The topological polar surface area (TPSA) is 0 Å². The number of halogens is 4. The molecule has 4 rings (SSSR count). The maximum absolute atomic E-state index is 15.0. The Bertz CT molecular complexity index is 1360. The van der Waals surface area contributed by atoms with E-state index in [9.17, 15) is 8.78 Å². The molecule has 4 heteroatoms. The van der Waals surface area contributed by atoms with Crippen molar-refractivity contribution in [2.45, 2.75) is 39.0 Å². The second-order valence-corrected chi connectivity index (χ2v) is 8.78. The molecule has 0 heterocycles. The van der Waals surface area contributed by atoms with Crippen LogP contribution in [0.5, 0.6) is 0 Å². The van der Waals surface area contributed by atoms with E-state index in [1.807, 2.05) is 18.2 Å². The van der Waals surface area contributed by atoms with Crippen LogP contribution < -0.4 is 0 Å². The Kier molecular flexibility index (Phi) is 7.60. The maximum atomic E-state index is 15.0. The van der Waals surface area contributed by atoms with Gasteiger partial charge in [-0.1, -0.05) is 85.3 Å². The lowest BCUT2D eigenvalue weighted by Crippen LogP contribution is -1.94. The predicted octanol–water partition coefficient (Wildman–Crippen LogP) is 8.44. The monoisotopic (exact) mass is 476 g/mol. The van der Waals surface area contributed by atoms with Crippen LogP contribution in [0.25, 0.3) is 10.8 Å². The number of unbranched alkanes of at least 4 members (excludes halogenated alkanes) is 1. The molecule has 0 saturated heterocycles. The number of hydrogen-bond donors (Lipinski definition) is 0. The summed E-state index contributed by atoms with van der Waals surface area (Å²) in [6.45, 7) is 2.20. The van der Waals surface area contributed by atoms with Gasteiger partial charge in [0.2, 0.25) is 0 Å². The first-order valence-electron chi connectivity index (χ1n) is 11.4. The lowest BCUT2D eigenvalue weighted by atomic mass is 9.98. The van der Waals surface area contributed by atoms with E-state index in [0.717, 1.165) is 42.3 Å². The summed E-state index contributed by atoms with van der Waals surface area (Å²) in [5.41, 5.74) is 4.05. The van der Waals surface area contributed by atoms with Crippen LogP contribution in [-0.2, 0) is 19.3 Å². The molecule has 0 spiro atoms. The minimum Gasteiger partial charge on any atom is -0.205 e. The fraction of sp³-hybridized carbons (Fsp3) is 0.200. The number of aryl methyl sites for hydroxylation is 3. The predicted molar refractivity (Wildman–Crippen MR) is 134 cm³/mol. The Morgan fingerprint density at radius 2 is 1.32 bits per heavy atom. The van der Waals surface area contributed by atoms with Crippen molar-refractivity contribution in [3.63, 3.8) is 0 Å². The van der Waals surface area contributed by atoms with Gasteiger partial charge in [-0.25, -0.2) is 13.2 Å². The quantitative estimate of drug-likeness (QED) is 0.193. The summed E-state index contributed by atoms with van der Waals surface area (Å²) in [4.78, 5) is 0. The summed E-state index contributed by atoms with van der Waals surface area (Å²) in [6, 6.07) is 19.9. The third-order valence-electron chi connectivity index (χ3n) is 5.89. The number of fused-ring (bicyclic) bond motifs is 1. The van der Waals surface area contributed by atoms with Gasteiger partial charge in [0.05, 0.1) is 5.56 Å². The third-order valence-corrected chi connectivity index (χ3v) is 6.25. The lowest BCUT2D eigenvalue weighted by molar-refractivity contribution is 0.583. The molecule has 0 aromatic heterocycles. The van der Waals surface area contributed by atoms with Crippen LogP contribution in [0.4, 0.5) is 13.2 Å². The molecular formula is C30H24ClF3. The number of hydrogen-bond acceptors (Lipinski definition) is 0. The minimum absolute atomic E-state index is 0.0904. The normalized spacial score (nSPS) is 10.9. The molecule has 0 radical (unpaired) electrons. The highest BCUT2D eigenvalue weighted by Gasteiger charge is 2.09. The average Bonchev–Trinajstić information content (AvgIpc) is 2.85. The highest BCUT2D eigenvalue weighted by atomic mass is 35.5. The molecule has 0 amide bonds. The van der Waals surface area contributed by atoms with Gasteiger partial charge < -0.3 is 0 Å². The minimum atomic E-state index is -0.898. The van der Waals surface area contributed by atoms with Crippen LogP contribution in [0, 0.1) is 29.3 Å². The van der Waals surface area contributed by atoms with Crippen LogP contribution in [0.3, 0.4) is 0 Å². The molecule has 34 heavy (non-hydrogen) atoms. The van der Waals surface area contributed by atoms with Crippen LogP contribution >= 0.6 is 11.6 Å². The Morgan fingerprint density at radius 1 is 0.706 bits per heavy atom. The molecule has 4 aromatic rings. The Balaban J connectivity index is 1.49. The van der Waals surface area contributed by atoms with Gasteiger partial charge in [-0.15, -0.1) is 0 Å². The molecule has 0 bridgehead atoms. The summed E-state index contributed by atoms with van der Waals surface area (Å²) < 4.78 is 42.3. The molecule has 0 fully saturated rings. The fourth-order valence-electron chi connectivity index (χ4n) is 3.90. The second kappa shape index (κ2) is 10.8. The van der Waals surface area contributed by atoms with Crippen LogP contribution in [0.1, 0.15) is 47.6 Å². The van der Waals surface area contributed by atoms with Crippen molar-refractivity contribution < 1.29 is 13.2 Å². The van der Waals surface area contributed by atoms with E-state index in [-0.39, 0.29) is 11.1 Å². The summed E-state index contributed by atoms with van der Waals surface area (Å²) in [7, 11) is 0. The summed E-state index contributed by atoms with van der Waals surface area (Å²) >= 11 is 5.49. The maximum Gasteiger partial charge on any atom is 0.146 e. The molecule has 0 nitrogen and oxygen atoms in total. The van der Waals surface area contributed by atoms with Crippen LogP contribution in [0.2, 0.25) is 5.02 Å². The SMILES string of the molecule is CCCCc1ccc(CCc2ccc3c(F)c(C#Cc4cc(F)c(Cl)c(F)c4)ccc3c2)cc1. The molecule has 0 saturated carbocycles. The second-order valence-electron chi connectivity index (χ2n) is 8.41. The van der Waals surface area contributed by atoms with Gasteiger partial charge in [-0.2, -0.15) is 0 Å². The zero-order valence-electron chi connectivity index (χ0n) is 18.9. The van der Waals surface area contributed by atoms with E-state index in [2.05, 4.69) is 43.0 Å². The first-order valence-corrected chi connectivity index (χ1v) is 11.8. The average molecular weight is 477 g/mol. The third kappa shape index (κ3) is 5.64. The van der Waals surface area contributed by atoms with E-state index in [0.29, 0.717) is 5.39 Å². The lowest BCUT2D eigenvalue weighted by Gasteiger charge is -2.07. The molecule has 4 aromatic carbocycles. The first kappa shape index (κ1) is 23.9. The summed E-state index contributed by atoms with van der Waals surface area (Å²) in [6.07, 6.45) is 5.30. The molecule has 0 N–H and O–H groups in total. The molecule has 0 unspecified atom stereocenters. The van der Waals surface area contributed by atoms with Gasteiger partial charge in [0.25, 0.3) is 0 Å². The molecule has 0 atom stereocenters. The zero-order chi connectivity index (χ0) is 24.1. The van der Waals surface area contributed by atoms with Crippen molar-refractivity contribution in [1.82, 2.24) is 0 Å². The van der Waals surface area contributed by atoms with Gasteiger partial charge >= 0.3 is 0 Å². The Hall–Kier alpha value is -3.22. The van der Waals surface area contributed by atoms with Crippen molar-refractivity contribution in [3.05, 3.63) is 117 Å². The van der Waals surface area contributed by atoms with E-state index in [1.54, 1.807) is 12.1 Å². The van der Waals surface area contributed by atoms with Crippen LogP contribution in [-0.4, -0.2) is 0 Å². The van der Waals surface area contributed by atoms with Gasteiger partial charge in [-0.05, 0) is 66.0 Å². The van der Waals surface area contributed by atoms with E-state index >= 15 is 4.39 Å². The zero-order valence-corrected chi connectivity index (χ0v) is 19.7. The number of benzene rings is 4. The van der Waals surface area contributed by atoms with Crippen molar-refractivity contribution in [3.8, 4) is 11.8 Å². The highest BCUT2D eigenvalue weighted by molar-refractivity contribution is 6.30. The van der Waals surface area contributed by atoms with E-state index in [1.165, 1.54) is 24.0 Å². The molecule has 0 aliphatic rings.